The quantitative estimate of drug-likeness (QED) is 0.779. The molecule has 0 aliphatic carbocycles. The molecule has 1 unspecified atom stereocenters. The van der Waals surface area contributed by atoms with Crippen molar-refractivity contribution >= 4 is 33.2 Å². The van der Waals surface area contributed by atoms with Gasteiger partial charge in [0.15, 0.2) is 0 Å². The van der Waals surface area contributed by atoms with E-state index in [1.54, 1.807) is 19.1 Å². The van der Waals surface area contributed by atoms with Crippen LogP contribution >= 0.6 is 27.3 Å². The Morgan fingerprint density at radius 2 is 2.47 bits per heavy atom. The number of hydrogen-bond acceptors (Lipinski definition) is 3. The van der Waals surface area contributed by atoms with Gasteiger partial charge in [-0.05, 0) is 11.4 Å². The molecule has 15 heavy (non-hydrogen) atoms. The molecule has 3 nitrogen and oxygen atoms in total. The number of ether oxygens (including phenoxy) is 1. The predicted octanol–water partition coefficient (Wildman–Crippen LogP) is 2.23. The monoisotopic (exact) mass is 291 g/mol. The van der Waals surface area contributed by atoms with Crippen molar-refractivity contribution in [1.29, 1.82) is 0 Å². The van der Waals surface area contributed by atoms with E-state index in [0.717, 1.165) is 4.88 Å². The average molecular weight is 292 g/mol. The lowest BCUT2D eigenvalue weighted by Gasteiger charge is -2.19. The number of carbonyl (C=O) groups is 1. The van der Waals surface area contributed by atoms with Crippen LogP contribution in [0.3, 0.4) is 0 Å². The molecule has 0 aliphatic rings. The van der Waals surface area contributed by atoms with E-state index >= 15 is 0 Å². The van der Waals surface area contributed by atoms with Gasteiger partial charge in [-0.2, -0.15) is 0 Å². The fraction of sp³-hybridized carbons (Fsp3) is 0.500. The first-order valence-corrected chi connectivity index (χ1v) is 6.36. The van der Waals surface area contributed by atoms with E-state index < -0.39 is 0 Å². The summed E-state index contributed by atoms with van der Waals surface area (Å²) in [6, 6.07) is 3.72. The first kappa shape index (κ1) is 12.7. The Kier molecular flexibility index (Phi) is 5.28. The Bertz CT molecular complexity index is 302. The van der Waals surface area contributed by atoms with Gasteiger partial charge in [0.2, 0.25) is 0 Å². The zero-order valence-electron chi connectivity index (χ0n) is 8.77. The molecule has 5 heteroatoms. The third-order valence-electron chi connectivity index (χ3n) is 1.90. The molecule has 0 saturated carbocycles. The number of methoxy groups -OCH3 is 1. The summed E-state index contributed by atoms with van der Waals surface area (Å²) in [7, 11) is 3.45. The smallest absolute Gasteiger partial charge is 0.263 e. The molecule has 84 valence electrons. The van der Waals surface area contributed by atoms with Crippen molar-refractivity contribution in [1.82, 2.24) is 4.90 Å². The van der Waals surface area contributed by atoms with Crippen LogP contribution in [0, 0.1) is 0 Å². The number of hydrogen-bond donors (Lipinski definition) is 0. The highest BCUT2D eigenvalue weighted by Gasteiger charge is 2.15. The molecule has 0 aromatic carbocycles. The molecule has 1 aromatic rings. The summed E-state index contributed by atoms with van der Waals surface area (Å²) in [6.07, 6.45) is 0. The maximum absolute atomic E-state index is 11.8. The molecule has 1 aromatic heterocycles. The van der Waals surface area contributed by atoms with Crippen molar-refractivity contribution in [2.45, 2.75) is 4.83 Å². The fourth-order valence-electron chi connectivity index (χ4n) is 1.20. The normalized spacial score (nSPS) is 12.5. The molecule has 0 bridgehead atoms. The number of halogens is 1. The van der Waals surface area contributed by atoms with E-state index in [0.29, 0.717) is 13.2 Å². The van der Waals surface area contributed by atoms with Crippen molar-refractivity contribution in [3.05, 3.63) is 22.4 Å². The highest BCUT2D eigenvalue weighted by molar-refractivity contribution is 9.09. The molecule has 1 atom stereocenters. The maximum atomic E-state index is 11.8. The van der Waals surface area contributed by atoms with Gasteiger partial charge in [-0.15, -0.1) is 11.3 Å². The summed E-state index contributed by atoms with van der Waals surface area (Å²) in [5.41, 5.74) is 0. The highest BCUT2D eigenvalue weighted by Crippen LogP contribution is 2.12. The molecule has 0 saturated heterocycles. The molecule has 0 aliphatic heterocycles. The molecule has 0 fully saturated rings. The van der Waals surface area contributed by atoms with Gasteiger partial charge in [0, 0.05) is 20.7 Å². The number of nitrogens with zero attached hydrogens (tertiary/aromatic N) is 1. The summed E-state index contributed by atoms with van der Waals surface area (Å²) >= 11 is 4.92. The van der Waals surface area contributed by atoms with Crippen molar-refractivity contribution in [3.63, 3.8) is 0 Å². The van der Waals surface area contributed by atoms with Gasteiger partial charge in [0.1, 0.15) is 0 Å². The molecule has 0 radical (unpaired) electrons. The minimum Gasteiger partial charge on any atom is -0.383 e. The Labute approximate surface area is 102 Å². The zero-order chi connectivity index (χ0) is 11.3. The van der Waals surface area contributed by atoms with E-state index in [9.17, 15) is 4.79 Å². The standard InChI is InChI=1S/C10H14BrNO2S/c1-12(6-8(11)7-14-2)10(13)9-4-3-5-15-9/h3-5,8H,6-7H2,1-2H3. The molecular formula is C10H14BrNO2S. The first-order valence-electron chi connectivity index (χ1n) is 4.57. The third kappa shape index (κ3) is 3.93. The molecule has 0 spiro atoms. The Balaban J connectivity index is 2.47. The van der Waals surface area contributed by atoms with Crippen LogP contribution in [0.4, 0.5) is 0 Å². The van der Waals surface area contributed by atoms with Crippen molar-refractivity contribution < 1.29 is 9.53 Å². The zero-order valence-corrected chi connectivity index (χ0v) is 11.2. The van der Waals surface area contributed by atoms with Gasteiger partial charge in [0.25, 0.3) is 5.91 Å². The summed E-state index contributed by atoms with van der Waals surface area (Å²) in [5, 5.41) is 1.90. The second kappa shape index (κ2) is 6.25. The lowest BCUT2D eigenvalue weighted by atomic mass is 10.3. The minimum absolute atomic E-state index is 0.0607. The SMILES string of the molecule is COCC(Br)CN(C)C(=O)c1cccs1. The number of rotatable bonds is 5. The van der Waals surface area contributed by atoms with Crippen molar-refractivity contribution in [3.8, 4) is 0 Å². The van der Waals surface area contributed by atoms with E-state index in [1.807, 2.05) is 17.5 Å². The molecule has 1 rings (SSSR count). The largest absolute Gasteiger partial charge is 0.383 e. The molecular weight excluding hydrogens is 278 g/mol. The van der Waals surface area contributed by atoms with Crippen LogP contribution in [0.5, 0.6) is 0 Å². The first-order chi connectivity index (χ1) is 7.15. The van der Waals surface area contributed by atoms with E-state index in [-0.39, 0.29) is 10.7 Å². The lowest BCUT2D eigenvalue weighted by molar-refractivity contribution is 0.0789. The van der Waals surface area contributed by atoms with Crippen LogP contribution in [0.2, 0.25) is 0 Å². The number of thiophene rings is 1. The lowest BCUT2D eigenvalue weighted by Crippen LogP contribution is -2.33. The Morgan fingerprint density at radius 3 is 3.00 bits per heavy atom. The third-order valence-corrected chi connectivity index (χ3v) is 3.31. The number of carbonyl (C=O) groups excluding carboxylic acids is 1. The second-order valence-corrected chi connectivity index (χ2v) is 5.46. The topological polar surface area (TPSA) is 29.5 Å². The van der Waals surface area contributed by atoms with Crippen LogP contribution in [0.1, 0.15) is 9.67 Å². The van der Waals surface area contributed by atoms with E-state index in [1.165, 1.54) is 11.3 Å². The molecule has 1 heterocycles. The van der Waals surface area contributed by atoms with Crippen LogP contribution in [-0.2, 0) is 4.74 Å². The van der Waals surface area contributed by atoms with Crippen LogP contribution in [0.25, 0.3) is 0 Å². The average Bonchev–Trinajstić information content (AvgIpc) is 2.69. The Hall–Kier alpha value is -0.390. The van der Waals surface area contributed by atoms with Gasteiger partial charge in [0.05, 0.1) is 16.3 Å². The second-order valence-electron chi connectivity index (χ2n) is 3.22. The molecule has 1 amide bonds. The summed E-state index contributed by atoms with van der Waals surface area (Å²) in [6.45, 7) is 1.24. The van der Waals surface area contributed by atoms with Gasteiger partial charge < -0.3 is 9.64 Å². The van der Waals surface area contributed by atoms with Gasteiger partial charge in [-0.1, -0.05) is 22.0 Å². The van der Waals surface area contributed by atoms with Crippen LogP contribution in [0.15, 0.2) is 17.5 Å². The molecule has 0 N–H and O–H groups in total. The predicted molar refractivity (Wildman–Crippen MR) is 65.9 cm³/mol. The highest BCUT2D eigenvalue weighted by atomic mass is 79.9. The summed E-state index contributed by atoms with van der Waals surface area (Å²) < 4.78 is 4.99. The minimum atomic E-state index is 0.0607. The van der Waals surface area contributed by atoms with E-state index in [4.69, 9.17) is 4.74 Å². The van der Waals surface area contributed by atoms with Crippen LogP contribution in [-0.4, -0.2) is 42.9 Å². The van der Waals surface area contributed by atoms with Crippen molar-refractivity contribution in [2.75, 3.05) is 27.3 Å². The number of alkyl halides is 1. The number of amides is 1. The summed E-state index contributed by atoms with van der Waals surface area (Å²) in [5.74, 6) is 0.0607. The van der Waals surface area contributed by atoms with Gasteiger partial charge >= 0.3 is 0 Å². The maximum Gasteiger partial charge on any atom is 0.263 e. The fourth-order valence-corrected chi connectivity index (χ4v) is 2.62. The Morgan fingerprint density at radius 1 is 1.73 bits per heavy atom. The van der Waals surface area contributed by atoms with Gasteiger partial charge in [-0.25, -0.2) is 0 Å². The van der Waals surface area contributed by atoms with Gasteiger partial charge in [-0.3, -0.25) is 4.79 Å². The van der Waals surface area contributed by atoms with Crippen LogP contribution < -0.4 is 0 Å². The van der Waals surface area contributed by atoms with Crippen molar-refractivity contribution in [2.24, 2.45) is 0 Å². The van der Waals surface area contributed by atoms with E-state index in [2.05, 4.69) is 15.9 Å². The summed E-state index contributed by atoms with van der Waals surface area (Å²) in [4.78, 5) is 14.5.